The summed E-state index contributed by atoms with van der Waals surface area (Å²) < 4.78 is 2.23. The van der Waals surface area contributed by atoms with Gasteiger partial charge in [-0.3, -0.25) is 15.0 Å². The molecule has 5 nitrogen and oxygen atoms in total. The van der Waals surface area contributed by atoms with Crippen molar-refractivity contribution in [1.82, 2.24) is 24.9 Å². The summed E-state index contributed by atoms with van der Waals surface area (Å²) in [6, 6.07) is 54.7. The van der Waals surface area contributed by atoms with Gasteiger partial charge in [-0.15, -0.1) is 11.3 Å². The van der Waals surface area contributed by atoms with Crippen LogP contribution in [0.25, 0.3) is 98.6 Å². The van der Waals surface area contributed by atoms with Crippen LogP contribution in [-0.2, 0) is 0 Å². The number of hydrogen-bond acceptors (Lipinski definition) is 6. The Kier molecular flexibility index (Phi) is 7.59. The minimum absolute atomic E-state index is 0.669. The topological polar surface area (TPSA) is 64.5 Å². The van der Waals surface area contributed by atoms with Crippen molar-refractivity contribution in [3.05, 3.63) is 176 Å². The van der Waals surface area contributed by atoms with Crippen molar-refractivity contribution in [3.8, 4) is 67.4 Å². The van der Waals surface area contributed by atoms with Crippen LogP contribution in [0.2, 0.25) is 0 Å². The molecule has 0 N–H and O–H groups in total. The van der Waals surface area contributed by atoms with Gasteiger partial charge in [-0.2, -0.15) is 0 Å². The Morgan fingerprint density at radius 3 is 1.64 bits per heavy atom. The molecule has 0 unspecified atom stereocenters. The molecule has 0 spiro atoms. The Bertz CT molecular complexity index is 2820. The fourth-order valence-electron chi connectivity index (χ4n) is 7.02. The Morgan fingerprint density at radius 1 is 0.396 bits per heavy atom. The second-order valence-electron chi connectivity index (χ2n) is 12.9. The van der Waals surface area contributed by atoms with Gasteiger partial charge in [-0.05, 0) is 76.9 Å². The van der Waals surface area contributed by atoms with E-state index < -0.39 is 0 Å². The normalized spacial score (nSPS) is 11.4. The largest absolute Gasteiger partial charge is 0.256 e. The first kappa shape index (κ1) is 30.9. The molecular weight excluding hydrogens is 667 g/mol. The highest BCUT2D eigenvalue weighted by atomic mass is 32.1. The lowest BCUT2D eigenvalue weighted by molar-refractivity contribution is 1.24. The molecule has 0 saturated heterocycles. The number of nitrogens with zero attached hydrogens (tertiary/aromatic N) is 5. The number of rotatable bonds is 6. The van der Waals surface area contributed by atoms with Gasteiger partial charge in [0, 0.05) is 56.3 Å². The molecule has 5 aromatic heterocycles. The minimum Gasteiger partial charge on any atom is -0.256 e. The van der Waals surface area contributed by atoms with Gasteiger partial charge in [-0.25, -0.2) is 9.97 Å². The van der Waals surface area contributed by atoms with Crippen LogP contribution in [0.5, 0.6) is 0 Å². The lowest BCUT2D eigenvalue weighted by Gasteiger charge is -2.13. The third kappa shape index (κ3) is 5.72. The minimum atomic E-state index is 0.669. The highest BCUT2D eigenvalue weighted by Crippen LogP contribution is 2.42. The van der Waals surface area contributed by atoms with Crippen LogP contribution in [0.4, 0.5) is 0 Å². The fraction of sp³-hybridized carbons (Fsp3) is 0. The molecule has 0 atom stereocenters. The molecule has 10 aromatic rings. The van der Waals surface area contributed by atoms with Crippen LogP contribution >= 0.6 is 11.3 Å². The predicted octanol–water partition coefficient (Wildman–Crippen LogP) is 12.2. The van der Waals surface area contributed by atoms with E-state index >= 15 is 0 Å². The summed E-state index contributed by atoms with van der Waals surface area (Å²) in [4.78, 5) is 24.7. The van der Waals surface area contributed by atoms with Gasteiger partial charge in [0.2, 0.25) is 0 Å². The third-order valence-corrected chi connectivity index (χ3v) is 10.8. The maximum Gasteiger partial charge on any atom is 0.160 e. The summed E-state index contributed by atoms with van der Waals surface area (Å²) in [6.45, 7) is 0. The van der Waals surface area contributed by atoms with Crippen molar-refractivity contribution < 1.29 is 0 Å². The van der Waals surface area contributed by atoms with Crippen LogP contribution in [0.15, 0.2) is 176 Å². The second kappa shape index (κ2) is 13.0. The second-order valence-corrected chi connectivity index (χ2v) is 14.0. The Labute approximate surface area is 310 Å². The molecule has 0 radical (unpaired) electrons. The first-order valence-electron chi connectivity index (χ1n) is 17.5. The molecule has 5 heterocycles. The first-order chi connectivity index (χ1) is 26.2. The smallest absolute Gasteiger partial charge is 0.160 e. The molecule has 0 aliphatic carbocycles. The zero-order valence-corrected chi connectivity index (χ0v) is 29.2. The number of aromatic nitrogens is 5. The molecule has 248 valence electrons. The SMILES string of the molecule is c1ccc(-c2ccc(-c3cc(-c4ccc(-c5ccccn5)cc4)cc(-c4nc(-c5cccc6cccnc56)c5sc6ccccc6c5n4)c3)cc2)nc1. The van der Waals surface area contributed by atoms with Crippen molar-refractivity contribution in [2.75, 3.05) is 0 Å². The first-order valence-corrected chi connectivity index (χ1v) is 18.3. The number of fused-ring (bicyclic) bond motifs is 4. The third-order valence-electron chi connectivity index (χ3n) is 9.66. The number of para-hydroxylation sites is 1. The average molecular weight is 696 g/mol. The molecular formula is C47H29N5S. The summed E-state index contributed by atoms with van der Waals surface area (Å²) >= 11 is 1.73. The van der Waals surface area contributed by atoms with Crippen LogP contribution in [0.3, 0.4) is 0 Å². The zero-order chi connectivity index (χ0) is 35.1. The summed E-state index contributed by atoms with van der Waals surface area (Å²) in [7, 11) is 0. The van der Waals surface area contributed by atoms with E-state index in [4.69, 9.17) is 15.0 Å². The predicted molar refractivity (Wildman–Crippen MR) is 218 cm³/mol. The van der Waals surface area contributed by atoms with Crippen molar-refractivity contribution >= 4 is 42.5 Å². The number of hydrogen-bond donors (Lipinski definition) is 0. The van der Waals surface area contributed by atoms with E-state index in [9.17, 15) is 0 Å². The van der Waals surface area contributed by atoms with Gasteiger partial charge in [0.15, 0.2) is 5.82 Å². The molecule has 5 aromatic carbocycles. The highest BCUT2D eigenvalue weighted by Gasteiger charge is 2.19. The van der Waals surface area contributed by atoms with Gasteiger partial charge in [0.1, 0.15) is 0 Å². The van der Waals surface area contributed by atoms with Crippen molar-refractivity contribution in [2.45, 2.75) is 0 Å². The molecule has 0 saturated carbocycles. The number of pyridine rings is 3. The number of thiophene rings is 1. The van der Waals surface area contributed by atoms with Gasteiger partial charge >= 0.3 is 0 Å². The summed E-state index contributed by atoms with van der Waals surface area (Å²) in [5.41, 5.74) is 13.1. The van der Waals surface area contributed by atoms with Gasteiger partial charge < -0.3 is 0 Å². The summed E-state index contributed by atoms with van der Waals surface area (Å²) in [5.74, 6) is 0.669. The molecule has 0 bridgehead atoms. The van der Waals surface area contributed by atoms with Gasteiger partial charge in [-0.1, -0.05) is 103 Å². The van der Waals surface area contributed by atoms with Crippen LogP contribution in [0.1, 0.15) is 0 Å². The van der Waals surface area contributed by atoms with Crippen molar-refractivity contribution in [2.24, 2.45) is 0 Å². The van der Waals surface area contributed by atoms with E-state index in [1.807, 2.05) is 61.1 Å². The summed E-state index contributed by atoms with van der Waals surface area (Å²) in [5, 5.41) is 2.20. The fourth-order valence-corrected chi connectivity index (χ4v) is 8.17. The maximum absolute atomic E-state index is 5.41. The standard InChI is InChI=1S/C47H29N5S/c1-2-15-42-38(11-1)44-46(53-42)45(39-12-7-9-34-10-8-26-50-43(34)39)52-47(51-44)37-28-35(30-16-20-32(21-17-30)40-13-3-5-24-48-40)27-36(29-37)31-18-22-33(23-19-31)41-14-4-6-25-49-41/h1-29H. The van der Waals surface area contributed by atoms with E-state index in [1.54, 1.807) is 11.3 Å². The Hall–Kier alpha value is -6.89. The number of benzene rings is 5. The van der Waals surface area contributed by atoms with E-state index in [2.05, 4.69) is 125 Å². The molecule has 10 rings (SSSR count). The Balaban J connectivity index is 1.18. The highest BCUT2D eigenvalue weighted by molar-refractivity contribution is 7.26. The van der Waals surface area contributed by atoms with Gasteiger partial charge in [0.25, 0.3) is 0 Å². The maximum atomic E-state index is 5.41. The summed E-state index contributed by atoms with van der Waals surface area (Å²) in [6.07, 6.45) is 5.51. The molecule has 53 heavy (non-hydrogen) atoms. The quantitative estimate of drug-likeness (QED) is 0.173. The van der Waals surface area contributed by atoms with E-state index in [1.165, 1.54) is 4.70 Å². The van der Waals surface area contributed by atoms with Crippen LogP contribution < -0.4 is 0 Å². The monoisotopic (exact) mass is 695 g/mol. The molecule has 0 amide bonds. The molecule has 0 fully saturated rings. The molecule has 0 aliphatic rings. The zero-order valence-electron chi connectivity index (χ0n) is 28.4. The van der Waals surface area contributed by atoms with E-state index in [0.717, 1.165) is 88.1 Å². The van der Waals surface area contributed by atoms with Crippen molar-refractivity contribution in [3.63, 3.8) is 0 Å². The Morgan fingerprint density at radius 2 is 0.981 bits per heavy atom. The van der Waals surface area contributed by atoms with E-state index in [-0.39, 0.29) is 0 Å². The molecule has 6 heteroatoms. The van der Waals surface area contributed by atoms with Crippen molar-refractivity contribution in [1.29, 1.82) is 0 Å². The van der Waals surface area contributed by atoms with Crippen LogP contribution in [0, 0.1) is 0 Å². The lowest BCUT2D eigenvalue weighted by atomic mass is 9.94. The van der Waals surface area contributed by atoms with Gasteiger partial charge in [0.05, 0.1) is 32.8 Å². The van der Waals surface area contributed by atoms with Crippen LogP contribution in [-0.4, -0.2) is 24.9 Å². The molecule has 0 aliphatic heterocycles. The van der Waals surface area contributed by atoms with E-state index in [0.29, 0.717) is 5.82 Å². The average Bonchev–Trinajstić information content (AvgIpc) is 3.62. The lowest BCUT2D eigenvalue weighted by Crippen LogP contribution is -1.96.